The van der Waals surface area contributed by atoms with Crippen LogP contribution in [0, 0.1) is 20.5 Å². The molecule has 7 aromatic rings. The van der Waals surface area contributed by atoms with Crippen LogP contribution >= 0.6 is 0 Å². The van der Waals surface area contributed by atoms with E-state index in [4.69, 9.17) is 42.4 Å². The molecule has 1 aromatic carbocycles. The van der Waals surface area contributed by atoms with Crippen molar-refractivity contribution in [3.63, 3.8) is 0 Å². The number of ketones is 1. The van der Waals surface area contributed by atoms with E-state index in [9.17, 15) is 13.2 Å². The molecule has 0 aliphatic carbocycles. The van der Waals surface area contributed by atoms with E-state index in [1.54, 1.807) is 25.0 Å². The Kier molecular flexibility index (Phi) is 88.8. The summed E-state index contributed by atoms with van der Waals surface area (Å²) in [6.07, 6.45) is 17.7. The zero-order valence-corrected chi connectivity index (χ0v) is 65.8. The van der Waals surface area contributed by atoms with Crippen LogP contribution in [0.15, 0.2) is 165 Å². The van der Waals surface area contributed by atoms with Crippen molar-refractivity contribution < 1.29 is 246 Å². The molecule has 0 bridgehead atoms. The Morgan fingerprint density at radius 2 is 0.489 bits per heavy atom. The minimum atomic E-state index is -4.94. The molecule has 37 heteroatoms. The number of pyridine rings is 6. The number of carbonyl (C=O) groups is 1. The van der Waals surface area contributed by atoms with Gasteiger partial charge >= 0.3 is 84.3 Å². The van der Waals surface area contributed by atoms with Crippen LogP contribution in [0.4, 0.5) is 0 Å². The van der Waals surface area contributed by atoms with Gasteiger partial charge in [-0.3, -0.25) is 53.0 Å². The van der Waals surface area contributed by atoms with E-state index < -0.39 is 42.1 Å². The predicted octanol–water partition coefficient (Wildman–Crippen LogP) is -21.3. The van der Waals surface area contributed by atoms with Gasteiger partial charge in [0.25, 0.3) is 0 Å². The van der Waals surface area contributed by atoms with Gasteiger partial charge in [-0.05, 0) is 103 Å². The second-order valence-electron chi connectivity index (χ2n) is 16.7. The Labute approximate surface area is 631 Å². The van der Waals surface area contributed by atoms with E-state index in [-0.39, 0.29) is 175 Å². The summed E-state index contributed by atoms with van der Waals surface area (Å²) in [6.45, 7) is 9.46. The van der Waals surface area contributed by atoms with Gasteiger partial charge in [-0.1, -0.05) is 54.6 Å². The number of carbonyl (C=O) groups excluding carboxylic acids is 1. The largest absolute Gasteiger partial charge is 2.00 e. The summed E-state index contributed by atoms with van der Waals surface area (Å²) in [6, 6.07) is 43.7. The van der Waals surface area contributed by atoms with E-state index in [2.05, 4.69) is 136 Å². The van der Waals surface area contributed by atoms with Crippen molar-refractivity contribution in [2.24, 2.45) is 0 Å². The number of Topliss-reactive ketones (excluding diaryl/α,β-unsaturated/α-hetero) is 1. The Morgan fingerprint density at radius 3 is 0.589 bits per heavy atom. The van der Waals surface area contributed by atoms with Gasteiger partial charge in [0.15, 0.2) is 0 Å². The first-order valence-electron chi connectivity index (χ1n) is 23.2. The van der Waals surface area contributed by atoms with Crippen LogP contribution < -0.4 is 112 Å². The summed E-state index contributed by atoms with van der Waals surface area (Å²) in [5.74, 6) is 0.167. The third-order valence-corrected chi connectivity index (χ3v) is 9.00. The third kappa shape index (κ3) is 70.9. The molecule has 0 fully saturated rings. The molecule has 0 spiro atoms. The zero-order valence-electron chi connectivity index (χ0n) is 49.0. The van der Waals surface area contributed by atoms with E-state index >= 15 is 0 Å². The second kappa shape index (κ2) is 69.0. The number of hydrogen-bond acceptors (Lipinski definition) is 21. The SMILES string of the molecule is CC(C)=O.CO.CS(C)=O.CS(C)=O.O.O.[Cl-].[Cl-].[Cl-].[Cl-].[Cl-].[Cl-].[O-][Cl+3]([O-])([O-])[O-].[O-][Cl+3]([O-])([O-])[O-].[Pt+2].[Pt+2].[Pt+2].[Pt+2].c1ccc(CN(Cc2cc(CN(Cc3ccccn3)Cc3ccccn3)cc(CN(Cc3ccccn3)Cc3ccccn3)c2)Cc2ccccn2)nc1. The number of aliphatic hydroxyl groups excluding tert-OH is 1. The summed E-state index contributed by atoms with van der Waals surface area (Å²) in [4.78, 5) is 44.8. The molecule has 90 heavy (non-hydrogen) atoms. The Morgan fingerprint density at radius 1 is 0.367 bits per heavy atom. The smallest absolute Gasteiger partial charge is 1.00 e. The molecule has 0 aliphatic heterocycles. The molecule has 0 amide bonds. The molecule has 0 radical (unpaired) electrons. The number of halogens is 8. The number of aromatic nitrogens is 6. The van der Waals surface area contributed by atoms with Crippen LogP contribution in [-0.4, -0.2) is 107 Å². The first kappa shape index (κ1) is 116. The molecule has 0 aliphatic rings. The standard InChI is InChI=1S/C45H45N9.C3H6O.2C2H6OS.CH4O.2ClHO4.6ClH.2H2O.4Pt/c1-7-19-46-40(13-1)31-52(32-41-14-2-8-20-47-41)28-37-25-38(29-53(33-42-15-3-9-21-48-42)34-43-16-4-10-22-49-43)27-39(26-37)30-54(35-44-17-5-11-23-50-44)36-45-18-6-12-24-51-45;1-3(2)4;2*1-4(2)3;1-2;2*2-1(3,4)5;;;;;;;;;;;;/h1-27H,28-36H2;3*1-2H3;2H,1H3;2*(H,2,3,4,5);6*1H;2*1H2;;;;/q;;;;;;;;;;;;;;;4*+2/p-8. The number of rotatable bonds is 18. The fourth-order valence-electron chi connectivity index (χ4n) is 6.72. The average molecular weight is 2190 g/mol. The molecule has 23 nitrogen and oxygen atoms in total. The van der Waals surface area contributed by atoms with Crippen molar-refractivity contribution in [3.05, 3.63) is 215 Å². The Hall–Kier alpha value is -1.40. The molecule has 6 heterocycles. The van der Waals surface area contributed by atoms with E-state index in [1.807, 2.05) is 73.6 Å². The van der Waals surface area contributed by atoms with Crippen molar-refractivity contribution in [1.29, 1.82) is 0 Å². The summed E-state index contributed by atoms with van der Waals surface area (Å²) >= 11 is 0. The molecule has 6 aromatic heterocycles. The zero-order chi connectivity index (χ0) is 58.4. The number of hydrogen-bond donors (Lipinski definition) is 1. The van der Waals surface area contributed by atoms with Gasteiger partial charge in [0, 0.05) is 150 Å². The summed E-state index contributed by atoms with van der Waals surface area (Å²) in [5, 5.41) is 7.00. The van der Waals surface area contributed by atoms with E-state index in [1.165, 1.54) is 30.5 Å². The molecule has 0 saturated heterocycles. The topological polar surface area (TPSA) is 406 Å². The minimum Gasteiger partial charge on any atom is -1.00 e. The normalized spacial score (nSPS) is 9.30. The fraction of sp³-hybridized carbons (Fsp3) is 0.302. The quantitative estimate of drug-likeness (QED) is 0.0833. The molecule has 0 saturated carbocycles. The van der Waals surface area contributed by atoms with Crippen molar-refractivity contribution in [3.8, 4) is 0 Å². The average Bonchev–Trinajstić information content (AvgIpc) is 1.46. The molecular weight excluding hydrogens is 2110 g/mol. The van der Waals surface area contributed by atoms with Gasteiger partial charge in [-0.15, -0.1) is 20.5 Å². The minimum absolute atomic E-state index is 0. The summed E-state index contributed by atoms with van der Waals surface area (Å²) < 4.78 is 87.1. The monoisotopic (exact) mass is 2180 g/mol. The van der Waals surface area contributed by atoms with Gasteiger partial charge < -0.3 is 95.3 Å². The van der Waals surface area contributed by atoms with E-state index in [0.717, 1.165) is 60.9 Å². The first-order valence-corrected chi connectivity index (χ1v) is 29.6. The summed E-state index contributed by atoms with van der Waals surface area (Å²) in [5.41, 5.74) is 9.87. The van der Waals surface area contributed by atoms with Crippen LogP contribution in [0.1, 0.15) is 64.7 Å². The van der Waals surface area contributed by atoms with Crippen molar-refractivity contribution >= 4 is 27.4 Å². The molecule has 5 N–H and O–H groups in total. The maximum atomic E-state index is 9.56. The Balaban J connectivity index is -0.000000146. The van der Waals surface area contributed by atoms with Gasteiger partial charge in [0.05, 0.1) is 34.2 Å². The first-order chi connectivity index (χ1) is 36.9. The molecule has 0 unspecified atom stereocenters. The van der Waals surface area contributed by atoms with Crippen molar-refractivity contribution in [1.82, 2.24) is 44.6 Å². The van der Waals surface area contributed by atoms with Gasteiger partial charge in [-0.2, -0.15) is 0 Å². The maximum Gasteiger partial charge on any atom is 2.00 e. The predicted molar refractivity (Wildman–Crippen MR) is 282 cm³/mol. The van der Waals surface area contributed by atoms with Crippen LogP contribution in [0.2, 0.25) is 0 Å². The number of aliphatic hydroxyl groups is 1. The molecule has 520 valence electrons. The second-order valence-corrected chi connectivity index (χ2v) is 21.1. The van der Waals surface area contributed by atoms with Crippen LogP contribution in [-0.2, 0) is 170 Å². The summed E-state index contributed by atoms with van der Waals surface area (Å²) in [7, 11) is -10.1. The van der Waals surface area contributed by atoms with Crippen molar-refractivity contribution in [2.75, 3.05) is 32.1 Å². The van der Waals surface area contributed by atoms with Crippen LogP contribution in [0.3, 0.4) is 0 Å². The van der Waals surface area contributed by atoms with E-state index in [0.29, 0.717) is 39.3 Å². The fourth-order valence-corrected chi connectivity index (χ4v) is 6.72. The number of nitrogens with zero attached hydrogens (tertiary/aromatic N) is 9. The van der Waals surface area contributed by atoms with Crippen LogP contribution in [0.25, 0.3) is 0 Å². The van der Waals surface area contributed by atoms with Gasteiger partial charge in [-0.25, -0.2) is 37.3 Å². The van der Waals surface area contributed by atoms with Gasteiger partial charge in [0.1, 0.15) is 5.78 Å². The number of benzene rings is 1. The third-order valence-electron chi connectivity index (χ3n) is 9.00. The molecule has 7 rings (SSSR count). The maximum absolute atomic E-state index is 9.56. The van der Waals surface area contributed by atoms with Gasteiger partial charge in [0.2, 0.25) is 0 Å². The molecular formula is C53H71Cl8N9O14Pt4S2. The Bertz CT molecular complexity index is 2290. The van der Waals surface area contributed by atoms with Crippen LogP contribution in [0.5, 0.6) is 0 Å². The molecule has 0 atom stereocenters. The van der Waals surface area contributed by atoms with Crippen molar-refractivity contribution in [2.45, 2.75) is 72.8 Å².